The van der Waals surface area contributed by atoms with Crippen molar-refractivity contribution in [1.29, 1.82) is 0 Å². The Morgan fingerprint density at radius 3 is 0.475 bits per heavy atom. The van der Waals surface area contributed by atoms with Crippen LogP contribution in [0.25, 0.3) is 0 Å². The van der Waals surface area contributed by atoms with Gasteiger partial charge in [0.05, 0.1) is 38.5 Å². The van der Waals surface area contributed by atoms with E-state index in [1.54, 1.807) is 0 Å². The molecule has 0 heterocycles. The maximum Gasteiger partial charge on any atom is 0.336 e. The van der Waals surface area contributed by atoms with E-state index >= 15 is 0 Å². The topological polar surface area (TPSA) is 396 Å². The van der Waals surface area contributed by atoms with Gasteiger partial charge < -0.3 is 61.3 Å². The van der Waals surface area contributed by atoms with Crippen molar-refractivity contribution >= 4 is 79.6 Å². The third-order valence-corrected chi connectivity index (χ3v) is 3.86. The first-order chi connectivity index (χ1) is 17.3. The second-order valence-electron chi connectivity index (χ2n) is 7.43. The number of aliphatic hydroxyl groups is 3. The van der Waals surface area contributed by atoms with Gasteiger partial charge in [-0.3, -0.25) is 28.8 Å². The molecule has 0 aromatic heterocycles. The van der Waals surface area contributed by atoms with Crippen LogP contribution in [0, 0.1) is 0 Å². The Morgan fingerprint density at radius 2 is 0.425 bits per heavy atom. The van der Waals surface area contributed by atoms with E-state index < -0.39 is 109 Å². The molecule has 0 saturated carbocycles. The minimum Gasteiger partial charge on any atom is -0.481 e. The summed E-state index contributed by atoms with van der Waals surface area (Å²) in [6, 6.07) is 0. The molecule has 0 atom stereocenters. The van der Waals surface area contributed by atoms with Gasteiger partial charge in [0.15, 0.2) is 16.8 Å². The molecule has 0 spiro atoms. The first kappa shape index (κ1) is 43.0. The Kier molecular flexibility index (Phi) is 19.7. The van der Waals surface area contributed by atoms with Gasteiger partial charge >= 0.3 is 53.7 Å². The summed E-state index contributed by atoms with van der Waals surface area (Å²) in [5.74, 6) is -15.1. The fourth-order valence-corrected chi connectivity index (χ4v) is 2.14. The molecule has 0 bridgehead atoms. The molecule has 0 aromatic rings. The van der Waals surface area contributed by atoms with Gasteiger partial charge in [0.2, 0.25) is 0 Å². The van der Waals surface area contributed by atoms with Gasteiger partial charge in [-0.15, -0.1) is 0 Å². The molecule has 40 heavy (non-hydrogen) atoms. The SMILES string of the molecule is O=C(O)CC(O)(CC(=O)O)C(=O)O.O=C(O)CC(O)(CC(=O)O)C(=O)O.O=C(O)CC(O)(CC(=O)O)C(=O)O.[In]. The van der Waals surface area contributed by atoms with E-state index in [1.165, 1.54) is 0 Å². The van der Waals surface area contributed by atoms with Crippen molar-refractivity contribution in [3.63, 3.8) is 0 Å². The Balaban J connectivity index is -0.000000240. The third kappa shape index (κ3) is 19.1. The second kappa shape index (κ2) is 18.3. The zero-order valence-corrected chi connectivity index (χ0v) is 23.2. The summed E-state index contributed by atoms with van der Waals surface area (Å²) < 4.78 is 0. The molecule has 0 aliphatic carbocycles. The molecule has 0 rings (SSSR count). The van der Waals surface area contributed by atoms with Gasteiger partial charge in [0.25, 0.3) is 0 Å². The maximum atomic E-state index is 10.3. The second-order valence-corrected chi connectivity index (χ2v) is 7.43. The van der Waals surface area contributed by atoms with Gasteiger partial charge in [-0.05, 0) is 0 Å². The van der Waals surface area contributed by atoms with Crippen LogP contribution in [0.15, 0.2) is 0 Å². The van der Waals surface area contributed by atoms with E-state index in [-0.39, 0.29) is 25.8 Å². The van der Waals surface area contributed by atoms with E-state index in [9.17, 15) is 43.2 Å². The van der Waals surface area contributed by atoms with Crippen LogP contribution in [0.3, 0.4) is 0 Å². The molecule has 0 aliphatic heterocycles. The van der Waals surface area contributed by atoms with Crippen molar-refractivity contribution in [2.45, 2.75) is 55.3 Å². The van der Waals surface area contributed by atoms with Crippen LogP contribution in [0.5, 0.6) is 0 Å². The maximum absolute atomic E-state index is 10.3. The number of hydrogen-bond donors (Lipinski definition) is 12. The van der Waals surface area contributed by atoms with Crippen LogP contribution in [0.4, 0.5) is 0 Å². The molecule has 0 saturated heterocycles. The molecule has 0 amide bonds. The Hall–Kier alpha value is -4.02. The molecule has 225 valence electrons. The molecule has 0 unspecified atom stereocenters. The molecule has 0 aromatic carbocycles. The van der Waals surface area contributed by atoms with Crippen molar-refractivity contribution in [3.8, 4) is 0 Å². The minimum atomic E-state index is -2.74. The van der Waals surface area contributed by atoms with Gasteiger partial charge in [0, 0.05) is 25.8 Å². The van der Waals surface area contributed by atoms with Gasteiger partial charge in [-0.1, -0.05) is 0 Å². The normalized spacial score (nSPS) is 10.6. The summed E-state index contributed by atoms with van der Waals surface area (Å²) >= 11 is 0. The first-order valence-electron chi connectivity index (χ1n) is 9.51. The van der Waals surface area contributed by atoms with Crippen LogP contribution in [0.2, 0.25) is 0 Å². The quantitative estimate of drug-likeness (QED) is 0.0775. The molecule has 0 aliphatic rings. The predicted molar refractivity (Wildman–Crippen MR) is 117 cm³/mol. The number of carbonyl (C=O) groups is 9. The summed E-state index contributed by atoms with van der Waals surface area (Å²) in [5.41, 5.74) is -8.22. The Labute approximate surface area is 239 Å². The fraction of sp³-hybridized carbons (Fsp3) is 0.500. The van der Waals surface area contributed by atoms with Crippen LogP contribution < -0.4 is 0 Å². The molecule has 21 nitrogen and oxygen atoms in total. The standard InChI is InChI=1S/3C6H8O7.In/c3*7-3(8)1-6(13,5(11)12)2-4(9)10;/h3*13H,1-2H2,(H,7,8)(H,9,10)(H,11,12);. The van der Waals surface area contributed by atoms with E-state index in [4.69, 9.17) is 61.3 Å². The number of hydrogen-bond acceptors (Lipinski definition) is 12. The van der Waals surface area contributed by atoms with Gasteiger partial charge in [0.1, 0.15) is 0 Å². The molecule has 12 N–H and O–H groups in total. The number of carboxylic acids is 9. The monoisotopic (exact) mass is 691 g/mol. The van der Waals surface area contributed by atoms with Crippen molar-refractivity contribution < 1.29 is 104 Å². The summed E-state index contributed by atoms with van der Waals surface area (Å²) in [5, 5.41) is 101. The average molecular weight is 691 g/mol. The summed E-state index contributed by atoms with van der Waals surface area (Å²) in [7, 11) is 0. The van der Waals surface area contributed by atoms with Crippen LogP contribution in [0.1, 0.15) is 38.5 Å². The summed E-state index contributed by atoms with van der Waals surface area (Å²) in [6.07, 6.45) is -6.87. The van der Waals surface area contributed by atoms with Crippen LogP contribution in [-0.4, -0.2) is 158 Å². The largest absolute Gasteiger partial charge is 0.481 e. The van der Waals surface area contributed by atoms with Crippen LogP contribution in [-0.2, 0) is 43.2 Å². The van der Waals surface area contributed by atoms with Crippen molar-refractivity contribution in [2.75, 3.05) is 0 Å². The van der Waals surface area contributed by atoms with E-state index in [0.29, 0.717) is 0 Å². The third-order valence-electron chi connectivity index (χ3n) is 3.86. The summed E-state index contributed by atoms with van der Waals surface area (Å²) in [6.45, 7) is 0. The van der Waals surface area contributed by atoms with Gasteiger partial charge in [-0.2, -0.15) is 0 Å². The Bertz CT molecular complexity index is 812. The van der Waals surface area contributed by atoms with Crippen molar-refractivity contribution in [1.82, 2.24) is 0 Å². The number of rotatable bonds is 15. The van der Waals surface area contributed by atoms with Crippen molar-refractivity contribution in [3.05, 3.63) is 0 Å². The molecule has 22 heteroatoms. The molecule has 3 radical (unpaired) electrons. The van der Waals surface area contributed by atoms with Gasteiger partial charge in [-0.25, -0.2) is 14.4 Å². The first-order valence-corrected chi connectivity index (χ1v) is 9.51. The fourth-order valence-electron chi connectivity index (χ4n) is 2.14. The summed E-state index contributed by atoms with van der Waals surface area (Å²) in [4.78, 5) is 91.5. The smallest absolute Gasteiger partial charge is 0.336 e. The van der Waals surface area contributed by atoms with E-state index in [2.05, 4.69) is 0 Å². The number of carboxylic acid groups (broad SMARTS) is 9. The van der Waals surface area contributed by atoms with Crippen molar-refractivity contribution in [2.24, 2.45) is 0 Å². The zero-order chi connectivity index (χ0) is 31.9. The Morgan fingerprint density at radius 1 is 0.325 bits per heavy atom. The zero-order valence-electron chi connectivity index (χ0n) is 19.9. The minimum absolute atomic E-state index is 0. The predicted octanol–water partition coefficient (Wildman–Crippen LogP) is -4.13. The molecular weight excluding hydrogens is 667 g/mol. The average Bonchev–Trinajstić information content (AvgIpc) is 2.64. The molecule has 0 fully saturated rings. The number of aliphatic carboxylic acids is 9. The van der Waals surface area contributed by atoms with Crippen LogP contribution >= 0.6 is 0 Å². The van der Waals surface area contributed by atoms with E-state index in [1.807, 2.05) is 0 Å². The van der Waals surface area contributed by atoms with E-state index in [0.717, 1.165) is 0 Å². The molecular formula is C18H24InO21.